The van der Waals surface area contributed by atoms with Crippen molar-refractivity contribution in [3.05, 3.63) is 93.5 Å². The van der Waals surface area contributed by atoms with Gasteiger partial charge in [-0.25, -0.2) is 8.42 Å². The van der Waals surface area contributed by atoms with E-state index in [0.29, 0.717) is 5.69 Å². The summed E-state index contributed by atoms with van der Waals surface area (Å²) in [5.74, 6) is -0.640. The summed E-state index contributed by atoms with van der Waals surface area (Å²) in [4.78, 5) is 22.5. The maximum Gasteiger partial charge on any atom is 0.271 e. The van der Waals surface area contributed by atoms with E-state index in [1.807, 2.05) is 0 Å². The van der Waals surface area contributed by atoms with E-state index in [-0.39, 0.29) is 26.9 Å². The molecule has 0 unspecified atom stereocenters. The third-order valence-electron chi connectivity index (χ3n) is 3.82. The summed E-state index contributed by atoms with van der Waals surface area (Å²) in [7, 11) is -4.04. The molecule has 0 spiro atoms. The summed E-state index contributed by atoms with van der Waals surface area (Å²) in [6.07, 6.45) is 0. The Morgan fingerprint density at radius 3 is 2.31 bits per heavy atom. The number of amides is 1. The van der Waals surface area contributed by atoms with Crippen LogP contribution in [0.25, 0.3) is 0 Å². The second-order valence-electron chi connectivity index (χ2n) is 5.88. The highest BCUT2D eigenvalue weighted by Gasteiger charge is 2.21. The van der Waals surface area contributed by atoms with Crippen LogP contribution in [0, 0.1) is 10.1 Å². The van der Waals surface area contributed by atoms with Crippen molar-refractivity contribution in [2.24, 2.45) is 0 Å². The smallest absolute Gasteiger partial charge is 0.271 e. The van der Waals surface area contributed by atoms with Crippen LogP contribution in [0.5, 0.6) is 0 Å². The van der Waals surface area contributed by atoms with Crippen molar-refractivity contribution in [1.29, 1.82) is 0 Å². The maximum atomic E-state index is 12.7. The number of hydrogen-bond acceptors (Lipinski definition) is 5. The Labute approximate surface area is 171 Å². The SMILES string of the molecule is O=C(Nc1cccc([N+](=O)[O-])c1)c1ccc(Cl)c(S(=O)(=O)Nc2ccccc2)c1. The fourth-order valence-corrected chi connectivity index (χ4v) is 4.05. The predicted molar refractivity (Wildman–Crippen MR) is 110 cm³/mol. The number of sulfonamides is 1. The summed E-state index contributed by atoms with van der Waals surface area (Å²) in [6.45, 7) is 0. The summed E-state index contributed by atoms with van der Waals surface area (Å²) in [5.41, 5.74) is 0.379. The van der Waals surface area contributed by atoms with Crippen molar-refractivity contribution in [3.8, 4) is 0 Å². The zero-order valence-corrected chi connectivity index (χ0v) is 16.3. The normalized spacial score (nSPS) is 10.9. The molecule has 0 aliphatic heterocycles. The van der Waals surface area contributed by atoms with Gasteiger partial charge in [0.2, 0.25) is 0 Å². The van der Waals surface area contributed by atoms with Gasteiger partial charge in [0.1, 0.15) is 4.90 Å². The van der Waals surface area contributed by atoms with Crippen LogP contribution in [-0.4, -0.2) is 19.2 Å². The molecule has 0 aliphatic rings. The molecule has 0 saturated heterocycles. The number of non-ortho nitro benzene ring substituents is 1. The quantitative estimate of drug-likeness (QED) is 0.445. The van der Waals surface area contributed by atoms with Gasteiger partial charge >= 0.3 is 0 Å². The largest absolute Gasteiger partial charge is 0.322 e. The van der Waals surface area contributed by atoms with Crippen LogP contribution in [0.1, 0.15) is 10.4 Å². The molecule has 148 valence electrons. The first-order chi connectivity index (χ1) is 13.8. The Kier molecular flexibility index (Phi) is 5.81. The van der Waals surface area contributed by atoms with Crippen LogP contribution in [0.4, 0.5) is 17.1 Å². The molecule has 0 heterocycles. The molecule has 0 bridgehead atoms. The third kappa shape index (κ3) is 4.89. The van der Waals surface area contributed by atoms with E-state index >= 15 is 0 Å². The van der Waals surface area contributed by atoms with Gasteiger partial charge in [0, 0.05) is 29.1 Å². The van der Waals surface area contributed by atoms with E-state index in [0.717, 1.165) is 6.07 Å². The van der Waals surface area contributed by atoms with Crippen molar-refractivity contribution >= 4 is 44.6 Å². The van der Waals surface area contributed by atoms with Crippen molar-refractivity contribution in [3.63, 3.8) is 0 Å². The van der Waals surface area contributed by atoms with Gasteiger partial charge in [-0.3, -0.25) is 19.6 Å². The molecule has 3 rings (SSSR count). The van der Waals surface area contributed by atoms with Crippen molar-refractivity contribution in [2.75, 3.05) is 10.0 Å². The first-order valence-electron chi connectivity index (χ1n) is 8.19. The summed E-state index contributed by atoms with van der Waals surface area (Å²) >= 11 is 6.04. The van der Waals surface area contributed by atoms with Gasteiger partial charge in [-0.2, -0.15) is 0 Å². The second-order valence-corrected chi connectivity index (χ2v) is 7.94. The van der Waals surface area contributed by atoms with E-state index < -0.39 is 20.9 Å². The number of nitro groups is 1. The minimum Gasteiger partial charge on any atom is -0.322 e. The second kappa shape index (κ2) is 8.29. The van der Waals surface area contributed by atoms with Crippen LogP contribution < -0.4 is 10.0 Å². The first kappa shape index (κ1) is 20.3. The van der Waals surface area contributed by atoms with Crippen LogP contribution in [0.15, 0.2) is 77.7 Å². The number of benzene rings is 3. The lowest BCUT2D eigenvalue weighted by molar-refractivity contribution is -0.384. The molecule has 0 atom stereocenters. The lowest BCUT2D eigenvalue weighted by Crippen LogP contribution is -2.16. The Hall–Kier alpha value is -3.43. The van der Waals surface area contributed by atoms with Gasteiger partial charge in [0.05, 0.1) is 9.95 Å². The highest BCUT2D eigenvalue weighted by atomic mass is 35.5. The number of carbonyl (C=O) groups excluding carboxylic acids is 1. The average molecular weight is 432 g/mol. The topological polar surface area (TPSA) is 118 Å². The van der Waals surface area contributed by atoms with Crippen molar-refractivity contribution in [2.45, 2.75) is 4.90 Å². The van der Waals surface area contributed by atoms with E-state index in [1.165, 1.54) is 36.4 Å². The molecule has 0 fully saturated rings. The Morgan fingerprint density at radius 1 is 0.931 bits per heavy atom. The molecule has 0 aromatic heterocycles. The fraction of sp³-hybridized carbons (Fsp3) is 0. The number of rotatable bonds is 6. The first-order valence-corrected chi connectivity index (χ1v) is 10.1. The number of nitrogens with one attached hydrogen (secondary N) is 2. The standard InChI is InChI=1S/C19H14ClN3O5S/c20-17-10-9-13(19(24)21-15-7-4-8-16(12-15)23(25)26)11-18(17)29(27,28)22-14-5-2-1-3-6-14/h1-12,22H,(H,21,24). The predicted octanol–water partition coefficient (Wildman–Crippen LogP) is 4.30. The highest BCUT2D eigenvalue weighted by Crippen LogP contribution is 2.26. The van der Waals surface area contributed by atoms with Gasteiger partial charge in [0.15, 0.2) is 0 Å². The molecule has 29 heavy (non-hydrogen) atoms. The van der Waals surface area contributed by atoms with Crippen LogP contribution in [-0.2, 0) is 10.0 Å². The van der Waals surface area contributed by atoms with E-state index in [4.69, 9.17) is 11.6 Å². The molecule has 0 aliphatic carbocycles. The lowest BCUT2D eigenvalue weighted by Gasteiger charge is -2.11. The van der Waals surface area contributed by atoms with Gasteiger partial charge < -0.3 is 5.32 Å². The van der Waals surface area contributed by atoms with Crippen LogP contribution in [0.3, 0.4) is 0 Å². The Bertz CT molecular complexity index is 1180. The molecular formula is C19H14ClN3O5S. The number of nitro benzene ring substituents is 1. The van der Waals surface area contributed by atoms with E-state index in [1.54, 1.807) is 30.3 Å². The molecular weight excluding hydrogens is 418 g/mol. The lowest BCUT2D eigenvalue weighted by atomic mass is 10.2. The van der Waals surface area contributed by atoms with E-state index in [2.05, 4.69) is 10.0 Å². The number of anilines is 2. The number of halogens is 1. The van der Waals surface area contributed by atoms with Crippen molar-refractivity contribution < 1.29 is 18.1 Å². The van der Waals surface area contributed by atoms with Crippen molar-refractivity contribution in [1.82, 2.24) is 0 Å². The summed E-state index contributed by atoms with van der Waals surface area (Å²) < 4.78 is 27.7. The minimum absolute atomic E-state index is 0.0225. The average Bonchev–Trinajstić information content (AvgIpc) is 2.68. The molecule has 0 saturated carbocycles. The van der Waals surface area contributed by atoms with Gasteiger partial charge in [-0.05, 0) is 36.4 Å². The summed E-state index contributed by atoms with van der Waals surface area (Å²) in [6, 6.07) is 17.4. The molecule has 2 N–H and O–H groups in total. The molecule has 0 radical (unpaired) electrons. The van der Waals surface area contributed by atoms with Crippen LogP contribution >= 0.6 is 11.6 Å². The molecule has 8 nitrogen and oxygen atoms in total. The van der Waals surface area contributed by atoms with Gasteiger partial charge in [0.25, 0.3) is 21.6 Å². The fourth-order valence-electron chi connectivity index (χ4n) is 2.47. The van der Waals surface area contributed by atoms with Crippen LogP contribution in [0.2, 0.25) is 5.02 Å². The maximum absolute atomic E-state index is 12.7. The molecule has 3 aromatic rings. The number of carbonyl (C=O) groups is 1. The highest BCUT2D eigenvalue weighted by molar-refractivity contribution is 7.92. The van der Waals surface area contributed by atoms with Gasteiger partial charge in [-0.1, -0.05) is 35.9 Å². The zero-order chi connectivity index (χ0) is 21.0. The van der Waals surface area contributed by atoms with E-state index in [9.17, 15) is 23.3 Å². The number of nitrogens with zero attached hydrogens (tertiary/aromatic N) is 1. The van der Waals surface area contributed by atoms with Gasteiger partial charge in [-0.15, -0.1) is 0 Å². The minimum atomic E-state index is -4.04. The number of hydrogen-bond donors (Lipinski definition) is 2. The zero-order valence-electron chi connectivity index (χ0n) is 14.7. The number of para-hydroxylation sites is 1. The monoisotopic (exact) mass is 431 g/mol. The third-order valence-corrected chi connectivity index (χ3v) is 5.69. The molecule has 1 amide bonds. The summed E-state index contributed by atoms with van der Waals surface area (Å²) in [5, 5.41) is 13.3. The Morgan fingerprint density at radius 2 is 1.62 bits per heavy atom. The Balaban J connectivity index is 1.87. The molecule has 3 aromatic carbocycles. The molecule has 10 heteroatoms.